The van der Waals surface area contributed by atoms with Crippen LogP contribution in [0.3, 0.4) is 0 Å². The van der Waals surface area contributed by atoms with Crippen LogP contribution in [0, 0.1) is 5.92 Å². The van der Waals surface area contributed by atoms with Crippen molar-refractivity contribution < 1.29 is 0 Å². The molecule has 0 unspecified atom stereocenters. The quantitative estimate of drug-likeness (QED) is 0.903. The van der Waals surface area contributed by atoms with Gasteiger partial charge < -0.3 is 9.88 Å². The first-order chi connectivity index (χ1) is 9.33. The molecule has 0 radical (unpaired) electrons. The maximum absolute atomic E-state index is 4.53. The van der Waals surface area contributed by atoms with Gasteiger partial charge in [-0.2, -0.15) is 0 Å². The predicted octanol–water partition coefficient (Wildman–Crippen LogP) is 1.42. The number of nitrogens with one attached hydrogen (secondary N) is 1. The fourth-order valence-electron chi connectivity index (χ4n) is 2.58. The van der Waals surface area contributed by atoms with Gasteiger partial charge in [0.15, 0.2) is 5.82 Å². The van der Waals surface area contributed by atoms with Crippen LogP contribution in [0.5, 0.6) is 0 Å². The summed E-state index contributed by atoms with van der Waals surface area (Å²) in [6.07, 6.45) is 11.0. The molecule has 1 N–H and O–H groups in total. The highest BCUT2D eigenvalue weighted by atomic mass is 15.1. The third kappa shape index (κ3) is 2.81. The number of rotatable bonds is 3. The summed E-state index contributed by atoms with van der Waals surface area (Å²) < 4.78 is 1.95. The van der Waals surface area contributed by atoms with Crippen LogP contribution in [-0.2, 0) is 13.5 Å². The maximum atomic E-state index is 4.53. The van der Waals surface area contributed by atoms with Crippen molar-refractivity contribution in [2.24, 2.45) is 13.0 Å². The zero-order valence-corrected chi connectivity index (χ0v) is 11.2. The maximum Gasteiger partial charge on any atom is 0.159 e. The normalized spacial score (nSPS) is 19.5. The molecule has 100 valence electrons. The van der Waals surface area contributed by atoms with Crippen molar-refractivity contribution in [3.05, 3.63) is 30.5 Å². The van der Waals surface area contributed by atoms with Crippen molar-refractivity contribution in [3.63, 3.8) is 0 Å². The Balaban J connectivity index is 1.70. The second kappa shape index (κ2) is 5.48. The zero-order valence-electron chi connectivity index (χ0n) is 11.2. The third-order valence-corrected chi connectivity index (χ3v) is 3.65. The van der Waals surface area contributed by atoms with E-state index in [4.69, 9.17) is 0 Å². The van der Waals surface area contributed by atoms with E-state index < -0.39 is 0 Å². The molecule has 3 heterocycles. The van der Waals surface area contributed by atoms with E-state index >= 15 is 0 Å². The van der Waals surface area contributed by atoms with E-state index in [2.05, 4.69) is 20.3 Å². The van der Waals surface area contributed by atoms with Crippen LogP contribution < -0.4 is 5.32 Å². The Hall–Kier alpha value is -1.75. The molecule has 19 heavy (non-hydrogen) atoms. The highest BCUT2D eigenvalue weighted by molar-refractivity contribution is 5.47. The molecule has 0 amide bonds. The minimum atomic E-state index is 0.696. The molecule has 0 saturated carbocycles. The minimum absolute atomic E-state index is 0.696. The lowest BCUT2D eigenvalue weighted by molar-refractivity contribution is 0.373. The molecule has 5 heteroatoms. The summed E-state index contributed by atoms with van der Waals surface area (Å²) in [5.41, 5.74) is 1.91. The fourth-order valence-corrected chi connectivity index (χ4v) is 2.58. The first-order valence-corrected chi connectivity index (χ1v) is 6.82. The average molecular weight is 257 g/mol. The largest absolute Gasteiger partial charge is 0.333 e. The lowest BCUT2D eigenvalue weighted by atomic mass is 9.95. The van der Waals surface area contributed by atoms with Gasteiger partial charge in [0.25, 0.3) is 0 Å². The standard InChI is InChI=1S/C14H19N5/c1-19-6-5-16-14(19)13-10-17-12(9-18-13)7-11-3-2-4-15-8-11/h5-6,9-11,15H,2-4,7-8H2,1H3/t11-/m1/s1. The number of imidazole rings is 1. The number of aromatic nitrogens is 4. The van der Waals surface area contributed by atoms with Crippen molar-refractivity contribution in [1.82, 2.24) is 24.8 Å². The Kier molecular flexibility index (Phi) is 3.55. The molecular formula is C14H19N5. The molecule has 1 aliphatic heterocycles. The predicted molar refractivity (Wildman–Crippen MR) is 73.5 cm³/mol. The van der Waals surface area contributed by atoms with Crippen LogP contribution in [0.25, 0.3) is 11.5 Å². The fraction of sp³-hybridized carbons (Fsp3) is 0.500. The molecule has 0 aliphatic carbocycles. The van der Waals surface area contributed by atoms with Gasteiger partial charge in [0.1, 0.15) is 5.69 Å². The average Bonchev–Trinajstić information content (AvgIpc) is 2.87. The van der Waals surface area contributed by atoms with Crippen LogP contribution in [0.15, 0.2) is 24.8 Å². The topological polar surface area (TPSA) is 55.6 Å². The van der Waals surface area contributed by atoms with Crippen molar-refractivity contribution >= 4 is 0 Å². The number of nitrogens with zero attached hydrogens (tertiary/aromatic N) is 4. The summed E-state index contributed by atoms with van der Waals surface area (Å²) in [5.74, 6) is 1.56. The molecule has 2 aromatic heterocycles. The smallest absolute Gasteiger partial charge is 0.159 e. The zero-order chi connectivity index (χ0) is 13.1. The second-order valence-corrected chi connectivity index (χ2v) is 5.17. The van der Waals surface area contributed by atoms with Gasteiger partial charge in [-0.1, -0.05) is 0 Å². The molecule has 1 saturated heterocycles. The van der Waals surface area contributed by atoms with Gasteiger partial charge in [0.2, 0.25) is 0 Å². The van der Waals surface area contributed by atoms with Gasteiger partial charge in [0.05, 0.1) is 11.9 Å². The summed E-state index contributed by atoms with van der Waals surface area (Å²) in [7, 11) is 1.96. The van der Waals surface area contributed by atoms with E-state index in [0.717, 1.165) is 36.7 Å². The van der Waals surface area contributed by atoms with Crippen molar-refractivity contribution in [2.75, 3.05) is 13.1 Å². The first kappa shape index (κ1) is 12.3. The summed E-state index contributed by atoms with van der Waals surface area (Å²) >= 11 is 0. The molecule has 5 nitrogen and oxygen atoms in total. The Bertz CT molecular complexity index is 525. The summed E-state index contributed by atoms with van der Waals surface area (Å²) in [4.78, 5) is 13.3. The van der Waals surface area contributed by atoms with E-state index in [-0.39, 0.29) is 0 Å². The van der Waals surface area contributed by atoms with Gasteiger partial charge in [-0.05, 0) is 38.3 Å². The van der Waals surface area contributed by atoms with E-state index in [0.29, 0.717) is 5.92 Å². The number of hydrogen-bond donors (Lipinski definition) is 1. The van der Waals surface area contributed by atoms with E-state index in [1.165, 1.54) is 12.8 Å². The molecule has 0 aromatic carbocycles. The highest BCUT2D eigenvalue weighted by Crippen LogP contribution is 2.16. The molecule has 3 rings (SSSR count). The van der Waals surface area contributed by atoms with Gasteiger partial charge in [-0.25, -0.2) is 9.97 Å². The first-order valence-electron chi connectivity index (χ1n) is 6.82. The van der Waals surface area contributed by atoms with Crippen LogP contribution in [-0.4, -0.2) is 32.6 Å². The Morgan fingerprint density at radius 3 is 2.89 bits per heavy atom. The van der Waals surface area contributed by atoms with Crippen molar-refractivity contribution in [3.8, 4) is 11.5 Å². The molecule has 1 fully saturated rings. The van der Waals surface area contributed by atoms with Crippen LogP contribution in [0.2, 0.25) is 0 Å². The minimum Gasteiger partial charge on any atom is -0.333 e. The van der Waals surface area contributed by atoms with Gasteiger partial charge >= 0.3 is 0 Å². The third-order valence-electron chi connectivity index (χ3n) is 3.65. The number of piperidine rings is 1. The van der Waals surface area contributed by atoms with E-state index in [9.17, 15) is 0 Å². The lowest BCUT2D eigenvalue weighted by Gasteiger charge is -2.22. The van der Waals surface area contributed by atoms with Crippen LogP contribution in [0.1, 0.15) is 18.5 Å². The molecule has 1 atom stereocenters. The van der Waals surface area contributed by atoms with Gasteiger partial charge in [-0.3, -0.25) is 4.98 Å². The van der Waals surface area contributed by atoms with E-state index in [1.807, 2.05) is 30.2 Å². The van der Waals surface area contributed by atoms with Gasteiger partial charge in [0, 0.05) is 25.6 Å². The van der Waals surface area contributed by atoms with Gasteiger partial charge in [-0.15, -0.1) is 0 Å². The molecular weight excluding hydrogens is 238 g/mol. The molecule has 1 aliphatic rings. The van der Waals surface area contributed by atoms with Crippen LogP contribution >= 0.6 is 0 Å². The van der Waals surface area contributed by atoms with Crippen molar-refractivity contribution in [2.45, 2.75) is 19.3 Å². The van der Waals surface area contributed by atoms with E-state index in [1.54, 1.807) is 6.20 Å². The lowest BCUT2D eigenvalue weighted by Crippen LogP contribution is -2.31. The Morgan fingerprint density at radius 1 is 1.32 bits per heavy atom. The SMILES string of the molecule is Cn1ccnc1-c1cnc(C[C@H]2CCCNC2)cn1. The Labute approximate surface area is 113 Å². The molecule has 2 aromatic rings. The second-order valence-electron chi connectivity index (χ2n) is 5.17. The number of hydrogen-bond acceptors (Lipinski definition) is 4. The van der Waals surface area contributed by atoms with Crippen LogP contribution in [0.4, 0.5) is 0 Å². The highest BCUT2D eigenvalue weighted by Gasteiger charge is 2.14. The Morgan fingerprint density at radius 2 is 2.26 bits per heavy atom. The summed E-state index contributed by atoms with van der Waals surface area (Å²) in [6, 6.07) is 0. The summed E-state index contributed by atoms with van der Waals surface area (Å²) in [5, 5.41) is 3.43. The summed E-state index contributed by atoms with van der Waals surface area (Å²) in [6.45, 7) is 2.25. The molecule has 0 spiro atoms. The number of aryl methyl sites for hydroxylation is 1. The monoisotopic (exact) mass is 257 g/mol. The molecule has 0 bridgehead atoms. The van der Waals surface area contributed by atoms with Crippen molar-refractivity contribution in [1.29, 1.82) is 0 Å².